The fourth-order valence-electron chi connectivity index (χ4n) is 2.77. The van der Waals surface area contributed by atoms with Gasteiger partial charge < -0.3 is 5.32 Å². The van der Waals surface area contributed by atoms with E-state index >= 15 is 0 Å². The third-order valence-corrected chi connectivity index (χ3v) is 3.48. The Hall–Kier alpha value is -0.900. The average molecular weight is 180 g/mol. The summed E-state index contributed by atoms with van der Waals surface area (Å²) in [5, 5.41) is 3.32. The van der Waals surface area contributed by atoms with Crippen LogP contribution in [0.15, 0.2) is 0 Å². The largest absolute Gasteiger partial charge is 0.312 e. The number of carbonyl (C=O) groups excluding carboxylic acids is 2. The molecule has 0 aromatic rings. The molecule has 3 saturated heterocycles. The standard InChI is InChI=1S/C9H12N2O2/c12-7-1-2-8(13)11(7)9-5-3-6(9)10-4-5/h5-6,9-10H,1-4H2. The monoisotopic (exact) mass is 180 g/mol. The van der Waals surface area contributed by atoms with Crippen molar-refractivity contribution in [1.82, 2.24) is 10.2 Å². The van der Waals surface area contributed by atoms with Gasteiger partial charge in [-0.05, 0) is 12.3 Å². The van der Waals surface area contributed by atoms with Gasteiger partial charge in [0.2, 0.25) is 11.8 Å². The Bertz CT molecular complexity index is 259. The van der Waals surface area contributed by atoms with E-state index < -0.39 is 0 Å². The molecule has 13 heavy (non-hydrogen) atoms. The first-order chi connectivity index (χ1) is 6.27. The van der Waals surface area contributed by atoms with Crippen LogP contribution in [0.1, 0.15) is 19.3 Å². The second kappa shape index (κ2) is 2.32. The molecule has 1 N–H and O–H groups in total. The summed E-state index contributed by atoms with van der Waals surface area (Å²) in [4.78, 5) is 24.3. The molecule has 0 aromatic heterocycles. The van der Waals surface area contributed by atoms with Crippen LogP contribution in [0.2, 0.25) is 0 Å². The van der Waals surface area contributed by atoms with Gasteiger partial charge in [0.1, 0.15) is 0 Å². The number of likely N-dealkylation sites (tertiary alicyclic amines) is 1. The number of carbonyl (C=O) groups is 2. The quantitative estimate of drug-likeness (QED) is 0.553. The van der Waals surface area contributed by atoms with Crippen molar-refractivity contribution in [1.29, 1.82) is 0 Å². The van der Waals surface area contributed by atoms with Gasteiger partial charge in [0.05, 0.1) is 6.04 Å². The van der Waals surface area contributed by atoms with Crippen molar-refractivity contribution >= 4 is 11.8 Å². The van der Waals surface area contributed by atoms with Crippen molar-refractivity contribution in [2.24, 2.45) is 5.92 Å². The zero-order valence-electron chi connectivity index (χ0n) is 7.32. The molecular formula is C9H12N2O2. The Kier molecular flexibility index (Phi) is 1.34. The van der Waals surface area contributed by atoms with E-state index in [-0.39, 0.29) is 17.9 Å². The zero-order valence-corrected chi connectivity index (χ0v) is 7.32. The lowest BCUT2D eigenvalue weighted by Gasteiger charge is -2.39. The predicted octanol–water partition coefficient (Wildman–Crippen LogP) is -0.504. The number of nitrogens with zero attached hydrogens (tertiary/aromatic N) is 1. The van der Waals surface area contributed by atoms with Gasteiger partial charge in [-0.1, -0.05) is 0 Å². The summed E-state index contributed by atoms with van der Waals surface area (Å²) < 4.78 is 0. The molecule has 4 fully saturated rings. The molecule has 1 saturated carbocycles. The van der Waals surface area contributed by atoms with E-state index in [2.05, 4.69) is 5.32 Å². The van der Waals surface area contributed by atoms with E-state index in [1.807, 2.05) is 0 Å². The first-order valence-corrected chi connectivity index (χ1v) is 4.85. The average Bonchev–Trinajstić information content (AvgIpc) is 2.73. The first-order valence-electron chi connectivity index (χ1n) is 4.85. The molecule has 2 bridgehead atoms. The van der Waals surface area contributed by atoms with Crippen LogP contribution in [0.5, 0.6) is 0 Å². The van der Waals surface area contributed by atoms with E-state index in [1.165, 1.54) is 4.90 Å². The summed E-state index contributed by atoms with van der Waals surface area (Å²) >= 11 is 0. The molecule has 4 heteroatoms. The van der Waals surface area contributed by atoms with E-state index in [0.29, 0.717) is 24.8 Å². The second-order valence-electron chi connectivity index (χ2n) is 4.16. The lowest BCUT2D eigenvalue weighted by molar-refractivity contribution is -0.144. The Labute approximate surface area is 76.3 Å². The van der Waals surface area contributed by atoms with Gasteiger partial charge in [-0.3, -0.25) is 14.5 Å². The van der Waals surface area contributed by atoms with Gasteiger partial charge >= 0.3 is 0 Å². The van der Waals surface area contributed by atoms with E-state index in [9.17, 15) is 9.59 Å². The maximum Gasteiger partial charge on any atom is 0.230 e. The Morgan fingerprint density at radius 1 is 1.23 bits per heavy atom. The molecule has 70 valence electrons. The van der Waals surface area contributed by atoms with Crippen LogP contribution in [0.4, 0.5) is 0 Å². The predicted molar refractivity (Wildman–Crippen MR) is 44.8 cm³/mol. The molecule has 3 aliphatic heterocycles. The highest BCUT2D eigenvalue weighted by Crippen LogP contribution is 2.39. The van der Waals surface area contributed by atoms with E-state index in [1.54, 1.807) is 0 Å². The highest BCUT2D eigenvalue weighted by Gasteiger charge is 2.53. The number of hydrogen-bond acceptors (Lipinski definition) is 3. The fraction of sp³-hybridized carbons (Fsp3) is 0.778. The zero-order chi connectivity index (χ0) is 9.00. The lowest BCUT2D eigenvalue weighted by atomic mass is 9.79. The maximum atomic E-state index is 11.4. The molecule has 2 amide bonds. The number of nitrogens with one attached hydrogen (secondary N) is 1. The fourth-order valence-corrected chi connectivity index (χ4v) is 2.77. The van der Waals surface area contributed by atoms with Crippen molar-refractivity contribution < 1.29 is 9.59 Å². The summed E-state index contributed by atoms with van der Waals surface area (Å²) in [6, 6.07) is 0.596. The number of amides is 2. The smallest absolute Gasteiger partial charge is 0.230 e. The molecule has 0 radical (unpaired) electrons. The van der Waals surface area contributed by atoms with Crippen molar-refractivity contribution in [2.45, 2.75) is 31.3 Å². The Morgan fingerprint density at radius 2 is 1.92 bits per heavy atom. The molecule has 4 aliphatic rings. The molecule has 0 spiro atoms. The van der Waals surface area contributed by atoms with Crippen LogP contribution in [0.25, 0.3) is 0 Å². The van der Waals surface area contributed by atoms with Crippen molar-refractivity contribution in [3.05, 3.63) is 0 Å². The summed E-state index contributed by atoms with van der Waals surface area (Å²) in [6.45, 7) is 0.979. The van der Waals surface area contributed by atoms with Gasteiger partial charge in [-0.2, -0.15) is 0 Å². The number of fused-ring (bicyclic) bond motifs is 1. The van der Waals surface area contributed by atoms with Crippen molar-refractivity contribution in [3.63, 3.8) is 0 Å². The molecule has 0 aromatic carbocycles. The van der Waals surface area contributed by atoms with Crippen LogP contribution in [-0.4, -0.2) is 35.3 Å². The molecule has 4 nitrogen and oxygen atoms in total. The van der Waals surface area contributed by atoms with Crippen LogP contribution >= 0.6 is 0 Å². The van der Waals surface area contributed by atoms with Crippen molar-refractivity contribution in [2.75, 3.05) is 6.54 Å². The number of imide groups is 1. The second-order valence-corrected chi connectivity index (χ2v) is 4.16. The van der Waals surface area contributed by atoms with Gasteiger partial charge in [-0.15, -0.1) is 0 Å². The van der Waals surface area contributed by atoms with Gasteiger partial charge in [-0.25, -0.2) is 0 Å². The topological polar surface area (TPSA) is 49.4 Å². The minimum atomic E-state index is 0.0356. The highest BCUT2D eigenvalue weighted by atomic mass is 16.2. The van der Waals surface area contributed by atoms with Crippen LogP contribution < -0.4 is 5.32 Å². The summed E-state index contributed by atoms with van der Waals surface area (Å²) in [6.07, 6.45) is 1.99. The van der Waals surface area contributed by atoms with Crippen LogP contribution in [-0.2, 0) is 9.59 Å². The molecule has 3 heterocycles. The number of rotatable bonds is 1. The van der Waals surface area contributed by atoms with E-state index in [4.69, 9.17) is 0 Å². The summed E-state index contributed by atoms with van der Waals surface area (Å²) in [5.41, 5.74) is 0. The van der Waals surface area contributed by atoms with Gasteiger partial charge in [0.25, 0.3) is 0 Å². The van der Waals surface area contributed by atoms with Gasteiger partial charge in [0.15, 0.2) is 0 Å². The molecule has 3 unspecified atom stereocenters. The van der Waals surface area contributed by atoms with E-state index in [0.717, 1.165) is 13.0 Å². The highest BCUT2D eigenvalue weighted by molar-refractivity contribution is 6.02. The minimum absolute atomic E-state index is 0.0356. The molecule has 1 aliphatic carbocycles. The number of hydrogen-bond donors (Lipinski definition) is 1. The van der Waals surface area contributed by atoms with Crippen molar-refractivity contribution in [3.8, 4) is 0 Å². The van der Waals surface area contributed by atoms with Crippen LogP contribution in [0, 0.1) is 5.92 Å². The lowest BCUT2D eigenvalue weighted by Crippen LogP contribution is -2.56. The SMILES string of the molecule is O=C1CCC(=O)N1C1C2CNC1C2. The summed E-state index contributed by atoms with van der Waals surface area (Å²) in [7, 11) is 0. The molecular weight excluding hydrogens is 168 g/mol. The minimum Gasteiger partial charge on any atom is -0.312 e. The van der Waals surface area contributed by atoms with Gasteiger partial charge in [0, 0.05) is 25.4 Å². The Balaban J connectivity index is 1.85. The van der Waals surface area contributed by atoms with Crippen LogP contribution in [0.3, 0.4) is 0 Å². The Morgan fingerprint density at radius 3 is 2.38 bits per heavy atom. The summed E-state index contributed by atoms with van der Waals surface area (Å²) in [5.74, 6) is 0.609. The molecule has 3 atom stereocenters. The third kappa shape index (κ3) is 0.839. The maximum absolute atomic E-state index is 11.4. The molecule has 4 rings (SSSR count). The first kappa shape index (κ1) is 7.50. The normalized spacial score (nSPS) is 42.8. The third-order valence-electron chi connectivity index (χ3n) is 3.48.